The number of imidazole rings is 1. The van der Waals surface area contributed by atoms with Crippen LogP contribution in [0.25, 0.3) is 11.2 Å². The van der Waals surface area contributed by atoms with E-state index in [1.807, 2.05) is 35.2 Å². The van der Waals surface area contributed by atoms with E-state index in [1.54, 1.807) is 28.5 Å². The van der Waals surface area contributed by atoms with Crippen molar-refractivity contribution in [3.05, 3.63) is 63.7 Å². The molecule has 4 rings (SSSR count). The lowest BCUT2D eigenvalue weighted by Gasteiger charge is -2.17. The van der Waals surface area contributed by atoms with Gasteiger partial charge in [0.2, 0.25) is 5.91 Å². The Morgan fingerprint density at radius 3 is 2.90 bits per heavy atom. The molecule has 1 atom stereocenters. The van der Waals surface area contributed by atoms with Gasteiger partial charge in [-0.2, -0.15) is 0 Å². The van der Waals surface area contributed by atoms with Crippen LogP contribution in [0.15, 0.2) is 47.4 Å². The maximum absolute atomic E-state index is 13.1. The first-order valence-corrected chi connectivity index (χ1v) is 10.0. The number of nitrogens with zero attached hydrogens (tertiary/aromatic N) is 4. The number of carbonyl (C=O) groups is 1. The molecule has 1 aromatic carbocycles. The molecule has 1 saturated heterocycles. The molecule has 152 valence electrons. The van der Waals surface area contributed by atoms with Crippen LogP contribution in [0.4, 0.5) is 0 Å². The van der Waals surface area contributed by atoms with Crippen molar-refractivity contribution in [3.63, 3.8) is 0 Å². The molecule has 0 aliphatic carbocycles. The van der Waals surface area contributed by atoms with E-state index in [0.717, 1.165) is 11.1 Å². The molecule has 0 radical (unpaired) electrons. The molecular weight excluding hydrogens is 392 g/mol. The second-order valence-electron chi connectivity index (χ2n) is 7.19. The minimum absolute atomic E-state index is 0.0183. The molecule has 0 saturated carbocycles. The zero-order valence-corrected chi connectivity index (χ0v) is 17.0. The van der Waals surface area contributed by atoms with E-state index in [1.165, 1.54) is 0 Å². The number of carbonyl (C=O) groups excluding carboxylic acids is 1. The van der Waals surface area contributed by atoms with Gasteiger partial charge in [-0.3, -0.25) is 13.9 Å². The van der Waals surface area contributed by atoms with Gasteiger partial charge < -0.3 is 9.64 Å². The minimum Gasteiger partial charge on any atom is -0.383 e. The van der Waals surface area contributed by atoms with Crippen LogP contribution < -0.4 is 5.69 Å². The van der Waals surface area contributed by atoms with Crippen molar-refractivity contribution in [3.8, 4) is 0 Å². The van der Waals surface area contributed by atoms with Gasteiger partial charge in [0, 0.05) is 31.4 Å². The molecule has 29 heavy (non-hydrogen) atoms. The van der Waals surface area contributed by atoms with E-state index in [2.05, 4.69) is 4.98 Å². The van der Waals surface area contributed by atoms with Crippen molar-refractivity contribution in [2.24, 2.45) is 0 Å². The molecule has 2 aromatic heterocycles. The van der Waals surface area contributed by atoms with Crippen molar-refractivity contribution in [2.45, 2.75) is 25.4 Å². The average molecular weight is 415 g/mol. The first-order chi connectivity index (χ1) is 14.1. The molecule has 8 heteroatoms. The fourth-order valence-corrected chi connectivity index (χ4v) is 4.13. The zero-order valence-electron chi connectivity index (χ0n) is 16.3. The number of likely N-dealkylation sites (tertiary alicyclic amines) is 1. The Labute approximate surface area is 173 Å². The van der Waals surface area contributed by atoms with E-state index in [4.69, 9.17) is 16.3 Å². The quantitative estimate of drug-likeness (QED) is 0.621. The second-order valence-corrected chi connectivity index (χ2v) is 7.60. The molecule has 1 aliphatic heterocycles. The Morgan fingerprint density at radius 2 is 2.10 bits per heavy atom. The summed E-state index contributed by atoms with van der Waals surface area (Å²) in [6.45, 7) is 2.01. The number of hydrogen-bond acceptors (Lipinski definition) is 4. The Hall–Kier alpha value is -2.64. The van der Waals surface area contributed by atoms with Gasteiger partial charge in [0.15, 0.2) is 5.65 Å². The fourth-order valence-electron chi connectivity index (χ4n) is 3.93. The van der Waals surface area contributed by atoms with E-state index in [0.29, 0.717) is 43.3 Å². The standard InChI is InChI=1S/C21H23ClN4O3/c1-29-12-11-25-18-7-4-9-23-20(18)26(21(25)28)16-8-10-24(14-16)19(27)13-15-5-2-3-6-17(15)22/h2-7,9,16H,8,10-14H2,1H3. The Bertz CT molecular complexity index is 1090. The number of hydrogen-bond donors (Lipinski definition) is 0. The predicted molar refractivity (Wildman–Crippen MR) is 111 cm³/mol. The number of halogens is 1. The minimum atomic E-state index is -0.110. The van der Waals surface area contributed by atoms with Crippen LogP contribution in [-0.2, 0) is 22.5 Å². The van der Waals surface area contributed by atoms with E-state index in [9.17, 15) is 9.59 Å². The zero-order chi connectivity index (χ0) is 20.4. The second kappa shape index (κ2) is 8.39. The smallest absolute Gasteiger partial charge is 0.330 e. The highest BCUT2D eigenvalue weighted by atomic mass is 35.5. The van der Waals surface area contributed by atoms with Crippen molar-refractivity contribution in [2.75, 3.05) is 26.8 Å². The average Bonchev–Trinajstić information content (AvgIpc) is 3.30. The summed E-state index contributed by atoms with van der Waals surface area (Å²) in [4.78, 5) is 32.1. The number of benzene rings is 1. The third-order valence-electron chi connectivity index (χ3n) is 5.42. The van der Waals surface area contributed by atoms with Crippen molar-refractivity contribution in [1.82, 2.24) is 19.0 Å². The molecule has 0 N–H and O–H groups in total. The predicted octanol–water partition coefficient (Wildman–Crippen LogP) is 2.51. The summed E-state index contributed by atoms with van der Waals surface area (Å²) < 4.78 is 8.57. The van der Waals surface area contributed by atoms with Crippen LogP contribution in [0.5, 0.6) is 0 Å². The Balaban J connectivity index is 1.57. The third-order valence-corrected chi connectivity index (χ3v) is 5.79. The summed E-state index contributed by atoms with van der Waals surface area (Å²) in [6.07, 6.45) is 2.66. The summed E-state index contributed by atoms with van der Waals surface area (Å²) in [5.74, 6) is 0.0183. The lowest BCUT2D eigenvalue weighted by Crippen LogP contribution is -2.33. The molecular formula is C21H23ClN4O3. The Morgan fingerprint density at radius 1 is 1.28 bits per heavy atom. The van der Waals surface area contributed by atoms with Crippen LogP contribution in [0.2, 0.25) is 5.02 Å². The summed E-state index contributed by atoms with van der Waals surface area (Å²) in [6, 6.07) is 11.0. The first kappa shape index (κ1) is 19.7. The maximum Gasteiger partial charge on any atom is 0.330 e. The fraction of sp³-hybridized carbons (Fsp3) is 0.381. The van der Waals surface area contributed by atoms with Crippen LogP contribution >= 0.6 is 11.6 Å². The summed E-state index contributed by atoms with van der Waals surface area (Å²) in [5, 5.41) is 0.596. The topological polar surface area (TPSA) is 69.4 Å². The van der Waals surface area contributed by atoms with Gasteiger partial charge >= 0.3 is 5.69 Å². The van der Waals surface area contributed by atoms with E-state index in [-0.39, 0.29) is 24.1 Å². The molecule has 0 spiro atoms. The lowest BCUT2D eigenvalue weighted by atomic mass is 10.1. The summed E-state index contributed by atoms with van der Waals surface area (Å²) in [5.41, 5.74) is 2.15. The van der Waals surface area contributed by atoms with Gasteiger partial charge in [0.1, 0.15) is 0 Å². The molecule has 3 heterocycles. The number of rotatable bonds is 6. The largest absolute Gasteiger partial charge is 0.383 e. The Kier molecular flexibility index (Phi) is 5.69. The molecule has 0 bridgehead atoms. The summed E-state index contributed by atoms with van der Waals surface area (Å²) >= 11 is 6.19. The van der Waals surface area contributed by atoms with Crippen LogP contribution in [0.3, 0.4) is 0 Å². The molecule has 1 fully saturated rings. The highest BCUT2D eigenvalue weighted by molar-refractivity contribution is 6.31. The molecule has 1 aliphatic rings. The van der Waals surface area contributed by atoms with Crippen LogP contribution in [0.1, 0.15) is 18.0 Å². The monoisotopic (exact) mass is 414 g/mol. The van der Waals surface area contributed by atoms with Gasteiger partial charge in [-0.1, -0.05) is 29.8 Å². The van der Waals surface area contributed by atoms with Gasteiger partial charge in [-0.15, -0.1) is 0 Å². The molecule has 3 aromatic rings. The SMILES string of the molecule is COCCn1c(=O)n(C2CCN(C(=O)Cc3ccccc3Cl)C2)c2ncccc21. The van der Waals surface area contributed by atoms with Crippen molar-refractivity contribution >= 4 is 28.7 Å². The number of pyridine rings is 1. The molecule has 1 unspecified atom stereocenters. The third kappa shape index (κ3) is 3.80. The normalized spacial score (nSPS) is 16.6. The maximum atomic E-state index is 13.1. The van der Waals surface area contributed by atoms with Gasteiger partial charge in [-0.05, 0) is 30.2 Å². The van der Waals surface area contributed by atoms with E-state index < -0.39 is 0 Å². The highest BCUT2D eigenvalue weighted by Gasteiger charge is 2.31. The van der Waals surface area contributed by atoms with E-state index >= 15 is 0 Å². The molecule has 7 nitrogen and oxygen atoms in total. The van der Waals surface area contributed by atoms with Gasteiger partial charge in [0.25, 0.3) is 0 Å². The van der Waals surface area contributed by atoms with Gasteiger partial charge in [-0.25, -0.2) is 9.78 Å². The number of methoxy groups -OCH3 is 1. The van der Waals surface area contributed by atoms with Crippen LogP contribution in [-0.4, -0.2) is 51.7 Å². The number of ether oxygens (including phenoxy) is 1. The number of aromatic nitrogens is 3. The summed E-state index contributed by atoms with van der Waals surface area (Å²) in [7, 11) is 1.61. The number of fused-ring (bicyclic) bond motifs is 1. The molecule has 1 amide bonds. The van der Waals surface area contributed by atoms with Gasteiger partial charge in [0.05, 0.1) is 31.1 Å². The van der Waals surface area contributed by atoms with Crippen molar-refractivity contribution < 1.29 is 9.53 Å². The lowest BCUT2D eigenvalue weighted by molar-refractivity contribution is -0.129. The first-order valence-electron chi connectivity index (χ1n) is 9.66. The highest BCUT2D eigenvalue weighted by Crippen LogP contribution is 2.25. The number of amides is 1. The van der Waals surface area contributed by atoms with Crippen LogP contribution in [0, 0.1) is 0 Å². The van der Waals surface area contributed by atoms with Crippen molar-refractivity contribution in [1.29, 1.82) is 0 Å².